The van der Waals surface area contributed by atoms with E-state index in [0.29, 0.717) is 43.1 Å². The Balaban J connectivity index is 1.27. The summed E-state index contributed by atoms with van der Waals surface area (Å²) >= 11 is 0. The molecule has 1 fully saturated rings. The van der Waals surface area contributed by atoms with Gasteiger partial charge < -0.3 is 14.5 Å². The Kier molecular flexibility index (Phi) is 7.77. The van der Waals surface area contributed by atoms with Crippen LogP contribution in [0.5, 0.6) is 0 Å². The highest BCUT2D eigenvalue weighted by Gasteiger charge is 2.26. The van der Waals surface area contributed by atoms with Crippen LogP contribution in [0, 0.1) is 5.82 Å². The molecule has 1 aliphatic heterocycles. The summed E-state index contributed by atoms with van der Waals surface area (Å²) in [6, 6.07) is 11.6. The summed E-state index contributed by atoms with van der Waals surface area (Å²) in [5.41, 5.74) is 4.47. The van der Waals surface area contributed by atoms with Crippen molar-refractivity contribution in [2.75, 3.05) is 31.1 Å². The van der Waals surface area contributed by atoms with Crippen LogP contribution in [0.15, 0.2) is 61.2 Å². The zero-order valence-electron chi connectivity index (χ0n) is 23.3. The first-order valence-electron chi connectivity index (χ1n) is 13.5. The second-order valence-electron chi connectivity index (χ2n) is 10.8. The van der Waals surface area contributed by atoms with Gasteiger partial charge in [-0.3, -0.25) is 9.67 Å². The maximum Gasteiger partial charge on any atom is 0.410 e. The van der Waals surface area contributed by atoms with E-state index in [2.05, 4.69) is 44.2 Å². The van der Waals surface area contributed by atoms with Gasteiger partial charge in [-0.25, -0.2) is 19.2 Å². The summed E-state index contributed by atoms with van der Waals surface area (Å²) in [5.74, 6) is 0.273. The molecule has 0 atom stereocenters. The summed E-state index contributed by atoms with van der Waals surface area (Å²) in [4.78, 5) is 29.7. The van der Waals surface area contributed by atoms with Crippen LogP contribution >= 0.6 is 0 Å². The Hall–Kier alpha value is -4.34. The third-order valence-corrected chi connectivity index (χ3v) is 6.64. The molecule has 1 aromatic carbocycles. The first-order chi connectivity index (χ1) is 19.2. The SMILES string of the molecule is CCn1cc(-c2ccnc(Cc3ccc(N4CCN(C(=O)OC(C)(C)C)CC4)cc3)n2)c(-c2cncc(F)c2)n1. The fraction of sp³-hybridized carbons (Fsp3) is 0.367. The van der Waals surface area contributed by atoms with Gasteiger partial charge >= 0.3 is 6.09 Å². The number of halogens is 1. The molecule has 1 amide bonds. The molecular weight excluding hydrogens is 509 g/mol. The number of carbonyl (C=O) groups is 1. The lowest BCUT2D eigenvalue weighted by Crippen LogP contribution is -2.50. The van der Waals surface area contributed by atoms with Crippen molar-refractivity contribution < 1.29 is 13.9 Å². The minimum Gasteiger partial charge on any atom is -0.444 e. The molecule has 208 valence electrons. The van der Waals surface area contributed by atoms with Crippen LogP contribution in [0.3, 0.4) is 0 Å². The standard InChI is InChI=1S/C30H34FN7O2/c1-5-38-20-25(28(35-38)22-17-23(31)19-32-18-22)26-10-11-33-27(34-26)16-21-6-8-24(9-7-21)36-12-14-37(15-13-36)29(39)40-30(2,3)4/h6-11,17-20H,5,12-16H2,1-4H3. The van der Waals surface area contributed by atoms with Crippen LogP contribution in [0.4, 0.5) is 14.9 Å². The van der Waals surface area contributed by atoms with Gasteiger partial charge in [0.2, 0.25) is 0 Å². The topological polar surface area (TPSA) is 89.3 Å². The monoisotopic (exact) mass is 543 g/mol. The summed E-state index contributed by atoms with van der Waals surface area (Å²) in [5, 5.41) is 4.63. The number of amides is 1. The van der Waals surface area contributed by atoms with E-state index in [-0.39, 0.29) is 6.09 Å². The van der Waals surface area contributed by atoms with Crippen molar-refractivity contribution in [1.82, 2.24) is 29.6 Å². The fourth-order valence-electron chi connectivity index (χ4n) is 4.64. The smallest absolute Gasteiger partial charge is 0.410 e. The Morgan fingerprint density at radius 1 is 1.05 bits per heavy atom. The fourth-order valence-corrected chi connectivity index (χ4v) is 4.64. The number of hydrogen-bond donors (Lipinski definition) is 0. The third-order valence-electron chi connectivity index (χ3n) is 6.64. The number of aryl methyl sites for hydroxylation is 1. The van der Waals surface area contributed by atoms with Gasteiger partial charge in [0.05, 0.1) is 11.9 Å². The van der Waals surface area contributed by atoms with Crippen LogP contribution in [0.2, 0.25) is 0 Å². The largest absolute Gasteiger partial charge is 0.444 e. The molecular formula is C30H34FN7O2. The first-order valence-corrected chi connectivity index (χ1v) is 13.5. The molecule has 0 unspecified atom stereocenters. The molecule has 1 aliphatic rings. The van der Waals surface area contributed by atoms with Crippen LogP contribution in [0.1, 0.15) is 39.1 Å². The zero-order valence-corrected chi connectivity index (χ0v) is 23.3. The predicted octanol–water partition coefficient (Wildman–Crippen LogP) is 5.21. The quantitative estimate of drug-likeness (QED) is 0.330. The molecule has 40 heavy (non-hydrogen) atoms. The van der Waals surface area contributed by atoms with Crippen molar-refractivity contribution in [3.63, 3.8) is 0 Å². The van der Waals surface area contributed by atoms with E-state index in [1.807, 2.05) is 44.6 Å². The number of rotatable bonds is 6. The van der Waals surface area contributed by atoms with E-state index >= 15 is 0 Å². The van der Waals surface area contributed by atoms with Gasteiger partial charge in [-0.05, 0) is 57.5 Å². The second kappa shape index (κ2) is 11.4. The molecule has 4 heterocycles. The maximum atomic E-state index is 13.9. The molecule has 0 spiro atoms. The van der Waals surface area contributed by atoms with E-state index in [0.717, 1.165) is 35.6 Å². The highest BCUT2D eigenvalue weighted by Crippen LogP contribution is 2.30. The molecule has 0 aliphatic carbocycles. The lowest BCUT2D eigenvalue weighted by molar-refractivity contribution is 0.0240. The van der Waals surface area contributed by atoms with Crippen molar-refractivity contribution in [3.8, 4) is 22.5 Å². The van der Waals surface area contributed by atoms with Gasteiger partial charge in [0, 0.05) is 74.5 Å². The molecule has 0 bridgehead atoms. The van der Waals surface area contributed by atoms with Crippen molar-refractivity contribution in [1.29, 1.82) is 0 Å². The number of benzene rings is 1. The summed E-state index contributed by atoms with van der Waals surface area (Å²) in [6.07, 6.45) is 6.76. The van der Waals surface area contributed by atoms with Gasteiger partial charge in [0.25, 0.3) is 0 Å². The predicted molar refractivity (Wildman–Crippen MR) is 151 cm³/mol. The number of carbonyl (C=O) groups excluding carboxylic acids is 1. The average molecular weight is 544 g/mol. The van der Waals surface area contributed by atoms with E-state index in [4.69, 9.17) is 9.72 Å². The molecule has 1 saturated heterocycles. The number of piperazine rings is 1. The second-order valence-corrected chi connectivity index (χ2v) is 10.8. The van der Waals surface area contributed by atoms with Gasteiger partial charge in [-0.15, -0.1) is 0 Å². The Labute approximate surface area is 233 Å². The van der Waals surface area contributed by atoms with Gasteiger partial charge in [0.15, 0.2) is 0 Å². The molecule has 0 saturated carbocycles. The molecule has 9 nitrogen and oxygen atoms in total. The van der Waals surface area contributed by atoms with E-state index in [1.54, 1.807) is 17.3 Å². The van der Waals surface area contributed by atoms with Crippen molar-refractivity contribution in [2.24, 2.45) is 0 Å². The molecule has 10 heteroatoms. The number of hydrogen-bond acceptors (Lipinski definition) is 7. The highest BCUT2D eigenvalue weighted by molar-refractivity contribution is 5.78. The Bertz CT molecular complexity index is 1470. The van der Waals surface area contributed by atoms with Crippen LogP contribution in [-0.4, -0.2) is 67.5 Å². The molecule has 0 N–H and O–H groups in total. The minimum atomic E-state index is -0.494. The number of anilines is 1. The van der Waals surface area contributed by atoms with Crippen molar-refractivity contribution >= 4 is 11.8 Å². The summed E-state index contributed by atoms with van der Waals surface area (Å²) in [7, 11) is 0. The van der Waals surface area contributed by atoms with Crippen molar-refractivity contribution in [2.45, 2.75) is 46.3 Å². The first kappa shape index (κ1) is 27.2. The number of pyridine rings is 1. The molecule has 0 radical (unpaired) electrons. The number of nitrogens with zero attached hydrogens (tertiary/aromatic N) is 7. The number of aromatic nitrogens is 5. The summed E-state index contributed by atoms with van der Waals surface area (Å²) in [6.45, 7) is 11.1. The lowest BCUT2D eigenvalue weighted by atomic mass is 10.1. The van der Waals surface area contributed by atoms with E-state index < -0.39 is 11.4 Å². The van der Waals surface area contributed by atoms with Crippen molar-refractivity contribution in [3.05, 3.63) is 78.4 Å². The highest BCUT2D eigenvalue weighted by atomic mass is 19.1. The minimum absolute atomic E-state index is 0.258. The van der Waals surface area contributed by atoms with Gasteiger partial charge in [0.1, 0.15) is 22.9 Å². The van der Waals surface area contributed by atoms with Gasteiger partial charge in [-0.1, -0.05) is 12.1 Å². The van der Waals surface area contributed by atoms with Crippen LogP contribution in [-0.2, 0) is 17.7 Å². The molecule has 5 rings (SSSR count). The average Bonchev–Trinajstić information content (AvgIpc) is 3.38. The Morgan fingerprint density at radius 2 is 1.80 bits per heavy atom. The van der Waals surface area contributed by atoms with Gasteiger partial charge in [-0.2, -0.15) is 5.10 Å². The number of ether oxygens (including phenoxy) is 1. The zero-order chi connectivity index (χ0) is 28.3. The molecule has 4 aromatic rings. The maximum absolute atomic E-state index is 13.9. The lowest BCUT2D eigenvalue weighted by Gasteiger charge is -2.36. The van der Waals surface area contributed by atoms with Crippen LogP contribution < -0.4 is 4.90 Å². The Morgan fingerprint density at radius 3 is 2.48 bits per heavy atom. The normalized spacial score (nSPS) is 13.9. The van der Waals surface area contributed by atoms with E-state index in [9.17, 15) is 9.18 Å². The van der Waals surface area contributed by atoms with Crippen LogP contribution in [0.25, 0.3) is 22.5 Å². The van der Waals surface area contributed by atoms with E-state index in [1.165, 1.54) is 12.3 Å². The molecule has 3 aromatic heterocycles. The summed E-state index contributed by atoms with van der Waals surface area (Å²) < 4.78 is 21.2. The third kappa shape index (κ3) is 6.44.